The Hall–Kier alpha value is -3.57. The summed E-state index contributed by atoms with van der Waals surface area (Å²) in [6.45, 7) is 0.724. The van der Waals surface area contributed by atoms with E-state index in [1.54, 1.807) is 20.2 Å². The molecule has 1 aliphatic heterocycles. The van der Waals surface area contributed by atoms with Gasteiger partial charge in [-0.25, -0.2) is 18.2 Å². The van der Waals surface area contributed by atoms with Gasteiger partial charge in [-0.1, -0.05) is 19.1 Å². The minimum atomic E-state index is -4.54. The van der Waals surface area contributed by atoms with Gasteiger partial charge in [-0.05, 0) is 35.7 Å². The first-order chi connectivity index (χ1) is 16.8. The van der Waals surface area contributed by atoms with Gasteiger partial charge in [-0.2, -0.15) is 18.3 Å². The number of carbonyl (C=O) groups is 1. The number of benzene rings is 1. The lowest BCUT2D eigenvalue weighted by atomic mass is 9.88. The second kappa shape index (κ2) is 9.47. The van der Waals surface area contributed by atoms with Crippen molar-refractivity contribution in [1.82, 2.24) is 19.7 Å². The van der Waals surface area contributed by atoms with Crippen molar-refractivity contribution < 1.29 is 31.1 Å². The summed E-state index contributed by atoms with van der Waals surface area (Å²) >= 11 is 0. The number of aryl methyl sites for hydroxylation is 1. The van der Waals surface area contributed by atoms with Crippen LogP contribution in [0.25, 0.3) is 11.1 Å². The Morgan fingerprint density at radius 1 is 1.17 bits per heavy atom. The van der Waals surface area contributed by atoms with Crippen molar-refractivity contribution in [1.29, 1.82) is 0 Å². The van der Waals surface area contributed by atoms with Gasteiger partial charge in [0.25, 0.3) is 11.8 Å². The van der Waals surface area contributed by atoms with E-state index in [4.69, 9.17) is 0 Å². The van der Waals surface area contributed by atoms with Gasteiger partial charge >= 0.3 is 6.18 Å². The normalized spacial score (nSPS) is 19.8. The van der Waals surface area contributed by atoms with Crippen LogP contribution in [0.2, 0.25) is 0 Å². The first-order valence-corrected chi connectivity index (χ1v) is 11.1. The fourth-order valence-corrected chi connectivity index (χ4v) is 4.38. The molecular formula is C24H23F6N5O. The van der Waals surface area contributed by atoms with Crippen molar-refractivity contribution in [2.45, 2.75) is 31.5 Å². The fraction of sp³-hybridized carbons (Fsp3) is 0.375. The van der Waals surface area contributed by atoms with E-state index in [-0.39, 0.29) is 18.1 Å². The lowest BCUT2D eigenvalue weighted by molar-refractivity contribution is -0.137. The molecule has 1 amide bonds. The number of pyridine rings is 1. The number of likely N-dealkylation sites (tertiary alicyclic amines) is 1. The molecule has 0 spiro atoms. The van der Waals surface area contributed by atoms with Gasteiger partial charge in [-0.15, -0.1) is 0 Å². The summed E-state index contributed by atoms with van der Waals surface area (Å²) in [5, 5.41) is 7.05. The number of alkyl halides is 5. The third kappa shape index (κ3) is 5.47. The number of halogens is 6. The molecule has 0 radical (unpaired) electrons. The Morgan fingerprint density at radius 2 is 1.86 bits per heavy atom. The first-order valence-electron chi connectivity index (χ1n) is 11.1. The van der Waals surface area contributed by atoms with Gasteiger partial charge in [0.2, 0.25) is 0 Å². The molecule has 2 atom stereocenters. The van der Waals surface area contributed by atoms with E-state index < -0.39 is 54.3 Å². The standard InChI is InChI=1S/C24H23F6N5O/c1-14-9-23(26,27)13-35(19(14)11-32-20-8-5-16(10-31-20)24(28,29)30)22(36)21-18(12-34(2)33-21)15-3-6-17(25)7-4-15/h3-8,10,12,14,19H,9,11,13H2,1-2H3,(H,31,32). The van der Waals surface area contributed by atoms with E-state index in [1.165, 1.54) is 28.9 Å². The van der Waals surface area contributed by atoms with Gasteiger partial charge in [0.15, 0.2) is 5.69 Å². The van der Waals surface area contributed by atoms with Crippen LogP contribution in [0.4, 0.5) is 32.2 Å². The van der Waals surface area contributed by atoms with Gasteiger partial charge in [0, 0.05) is 38.0 Å². The number of hydrogen-bond donors (Lipinski definition) is 1. The number of aromatic nitrogens is 3. The number of piperidine rings is 1. The largest absolute Gasteiger partial charge is 0.417 e. The highest BCUT2D eigenvalue weighted by atomic mass is 19.4. The fourth-order valence-electron chi connectivity index (χ4n) is 4.38. The summed E-state index contributed by atoms with van der Waals surface area (Å²) in [7, 11) is 1.58. The topological polar surface area (TPSA) is 63.1 Å². The summed E-state index contributed by atoms with van der Waals surface area (Å²) in [6.07, 6.45) is -2.78. The van der Waals surface area contributed by atoms with Gasteiger partial charge in [0.1, 0.15) is 11.6 Å². The van der Waals surface area contributed by atoms with E-state index in [1.807, 2.05) is 0 Å². The summed E-state index contributed by atoms with van der Waals surface area (Å²) in [5.41, 5.74) is -0.126. The maximum absolute atomic E-state index is 14.5. The van der Waals surface area contributed by atoms with Crippen molar-refractivity contribution in [3.8, 4) is 11.1 Å². The Labute approximate surface area is 202 Å². The molecular weight excluding hydrogens is 488 g/mol. The zero-order chi connectivity index (χ0) is 26.3. The number of hydrogen-bond acceptors (Lipinski definition) is 4. The number of amides is 1. The SMILES string of the molecule is CC1CC(F)(F)CN(C(=O)c2nn(C)cc2-c2ccc(F)cc2)C1CNc1ccc(C(F)(F)F)cn1. The first kappa shape index (κ1) is 25.5. The van der Waals surface area contributed by atoms with Crippen molar-refractivity contribution in [2.75, 3.05) is 18.4 Å². The molecule has 1 N–H and O–H groups in total. The zero-order valence-corrected chi connectivity index (χ0v) is 19.4. The third-order valence-corrected chi connectivity index (χ3v) is 6.11. The van der Waals surface area contributed by atoms with Gasteiger partial charge in [0.05, 0.1) is 18.2 Å². The summed E-state index contributed by atoms with van der Waals surface area (Å²) in [4.78, 5) is 18.3. The van der Waals surface area contributed by atoms with Crippen LogP contribution in [0, 0.1) is 11.7 Å². The minimum Gasteiger partial charge on any atom is -0.368 e. The van der Waals surface area contributed by atoms with Gasteiger partial charge in [-0.3, -0.25) is 9.48 Å². The molecule has 1 saturated heterocycles. The van der Waals surface area contributed by atoms with Crippen molar-refractivity contribution >= 4 is 11.7 Å². The van der Waals surface area contributed by atoms with Crippen LogP contribution in [-0.4, -0.2) is 50.6 Å². The van der Waals surface area contributed by atoms with Gasteiger partial charge < -0.3 is 10.2 Å². The third-order valence-electron chi connectivity index (χ3n) is 6.11. The van der Waals surface area contributed by atoms with Crippen LogP contribution in [0.1, 0.15) is 29.4 Å². The van der Waals surface area contributed by atoms with Crippen molar-refractivity contribution in [2.24, 2.45) is 13.0 Å². The smallest absolute Gasteiger partial charge is 0.368 e. The maximum Gasteiger partial charge on any atom is 0.417 e. The lowest BCUT2D eigenvalue weighted by Crippen LogP contribution is -2.57. The van der Waals surface area contributed by atoms with E-state index >= 15 is 0 Å². The van der Waals surface area contributed by atoms with Crippen molar-refractivity contribution in [3.63, 3.8) is 0 Å². The lowest BCUT2D eigenvalue weighted by Gasteiger charge is -2.43. The second-order valence-electron chi connectivity index (χ2n) is 8.92. The van der Waals surface area contributed by atoms with Crippen LogP contribution in [0.3, 0.4) is 0 Å². The quantitative estimate of drug-likeness (QED) is 0.476. The monoisotopic (exact) mass is 511 g/mol. The Morgan fingerprint density at radius 3 is 2.47 bits per heavy atom. The molecule has 1 aromatic carbocycles. The predicted octanol–water partition coefficient (Wildman–Crippen LogP) is 5.24. The molecule has 192 valence electrons. The van der Waals surface area contributed by atoms with Crippen LogP contribution in [0.15, 0.2) is 48.8 Å². The molecule has 3 heterocycles. The number of anilines is 1. The minimum absolute atomic E-state index is 0.0138. The molecule has 2 unspecified atom stereocenters. The molecule has 4 rings (SSSR count). The molecule has 1 aliphatic rings. The van der Waals surface area contributed by atoms with Crippen molar-refractivity contribution in [3.05, 3.63) is 65.9 Å². The van der Waals surface area contributed by atoms with Crippen LogP contribution >= 0.6 is 0 Å². The summed E-state index contributed by atoms with van der Waals surface area (Å²) in [6, 6.07) is 6.65. The van der Waals surface area contributed by atoms with Crippen LogP contribution in [0.5, 0.6) is 0 Å². The van der Waals surface area contributed by atoms with E-state index in [9.17, 15) is 31.1 Å². The maximum atomic E-state index is 14.5. The number of nitrogens with zero attached hydrogens (tertiary/aromatic N) is 4. The molecule has 3 aromatic rings. The second-order valence-corrected chi connectivity index (χ2v) is 8.92. The van der Waals surface area contributed by atoms with E-state index in [0.29, 0.717) is 17.3 Å². The molecule has 12 heteroatoms. The van der Waals surface area contributed by atoms with Crippen LogP contribution in [-0.2, 0) is 13.2 Å². The van der Waals surface area contributed by atoms with E-state index in [2.05, 4.69) is 15.4 Å². The molecule has 2 aromatic heterocycles. The molecule has 1 fully saturated rings. The zero-order valence-electron chi connectivity index (χ0n) is 19.4. The summed E-state index contributed by atoms with van der Waals surface area (Å²) in [5.74, 6) is -4.86. The average molecular weight is 511 g/mol. The Bertz CT molecular complexity index is 1220. The Kier molecular flexibility index (Phi) is 6.72. The predicted molar refractivity (Wildman–Crippen MR) is 120 cm³/mol. The molecule has 0 bridgehead atoms. The van der Waals surface area contributed by atoms with E-state index in [0.717, 1.165) is 17.0 Å². The molecule has 0 saturated carbocycles. The molecule has 36 heavy (non-hydrogen) atoms. The van der Waals surface area contributed by atoms with Crippen LogP contribution < -0.4 is 5.32 Å². The Balaban J connectivity index is 1.60. The highest BCUT2D eigenvalue weighted by Gasteiger charge is 2.46. The molecule has 0 aliphatic carbocycles. The highest BCUT2D eigenvalue weighted by Crippen LogP contribution is 2.36. The summed E-state index contributed by atoms with van der Waals surface area (Å²) < 4.78 is 82.2. The highest BCUT2D eigenvalue weighted by molar-refractivity contribution is 5.99. The molecule has 6 nitrogen and oxygen atoms in total. The average Bonchev–Trinajstić information content (AvgIpc) is 3.19. The number of rotatable bonds is 5. The number of nitrogens with one attached hydrogen (secondary N) is 1. The number of carbonyl (C=O) groups excluding carboxylic acids is 1.